The molecule has 7 heteroatoms. The number of nitrogens with one attached hydrogen (secondary N) is 2. The van der Waals surface area contributed by atoms with E-state index in [0.717, 1.165) is 32.4 Å². The number of aliphatic hydroxyl groups is 1. The van der Waals surface area contributed by atoms with Crippen molar-refractivity contribution in [2.24, 2.45) is 0 Å². The number of benzene rings is 1. The van der Waals surface area contributed by atoms with E-state index in [4.69, 9.17) is 0 Å². The standard InChI is InChI=1S/C19H29N3O4/c23-14-16-6-1-2-11-22(16)12-4-10-20-18(25)8-9-19(26)21-15-5-3-7-17(24)13-15/h3,5,7,13,16,23-24H,1-2,4,6,8-12,14H2,(H,20,25)(H,21,26). The van der Waals surface area contributed by atoms with Gasteiger partial charge >= 0.3 is 0 Å². The van der Waals surface area contributed by atoms with Gasteiger partial charge in [-0.1, -0.05) is 12.5 Å². The van der Waals surface area contributed by atoms with Crippen molar-refractivity contribution in [1.29, 1.82) is 0 Å². The van der Waals surface area contributed by atoms with Gasteiger partial charge in [0, 0.05) is 43.7 Å². The summed E-state index contributed by atoms with van der Waals surface area (Å²) in [5, 5.41) is 24.2. The fourth-order valence-electron chi connectivity index (χ4n) is 3.19. The van der Waals surface area contributed by atoms with Gasteiger partial charge in [-0.25, -0.2) is 0 Å². The van der Waals surface area contributed by atoms with Crippen molar-refractivity contribution in [3.05, 3.63) is 24.3 Å². The number of hydrogen-bond acceptors (Lipinski definition) is 5. The van der Waals surface area contributed by atoms with E-state index in [0.29, 0.717) is 12.2 Å². The smallest absolute Gasteiger partial charge is 0.224 e. The first kappa shape index (κ1) is 20.2. The number of aliphatic hydroxyl groups excluding tert-OH is 1. The molecule has 1 fully saturated rings. The molecular weight excluding hydrogens is 334 g/mol. The Balaban J connectivity index is 1.57. The van der Waals surface area contributed by atoms with Crippen LogP contribution in [0.3, 0.4) is 0 Å². The summed E-state index contributed by atoms with van der Waals surface area (Å²) >= 11 is 0. The summed E-state index contributed by atoms with van der Waals surface area (Å²) in [5.41, 5.74) is 0.510. The minimum absolute atomic E-state index is 0.0812. The third-order valence-corrected chi connectivity index (χ3v) is 4.61. The molecule has 1 heterocycles. The maximum atomic E-state index is 11.8. The molecule has 1 unspecified atom stereocenters. The third-order valence-electron chi connectivity index (χ3n) is 4.61. The first-order valence-electron chi connectivity index (χ1n) is 9.29. The molecule has 1 atom stereocenters. The van der Waals surface area contributed by atoms with E-state index in [1.54, 1.807) is 12.1 Å². The van der Waals surface area contributed by atoms with E-state index in [1.165, 1.54) is 18.6 Å². The van der Waals surface area contributed by atoms with E-state index in [2.05, 4.69) is 15.5 Å². The van der Waals surface area contributed by atoms with Crippen LogP contribution in [0.25, 0.3) is 0 Å². The summed E-state index contributed by atoms with van der Waals surface area (Å²) in [5.74, 6) is -0.323. The number of carbonyl (C=O) groups excluding carboxylic acids is 2. The number of amides is 2. The number of hydrogen-bond donors (Lipinski definition) is 4. The highest BCUT2D eigenvalue weighted by Gasteiger charge is 2.20. The van der Waals surface area contributed by atoms with Crippen molar-refractivity contribution >= 4 is 17.5 Å². The maximum absolute atomic E-state index is 11.8. The van der Waals surface area contributed by atoms with Crippen LogP contribution >= 0.6 is 0 Å². The molecule has 1 aromatic carbocycles. The van der Waals surface area contributed by atoms with Crippen LogP contribution in [0.2, 0.25) is 0 Å². The lowest BCUT2D eigenvalue weighted by atomic mass is 10.0. The zero-order valence-corrected chi connectivity index (χ0v) is 15.1. The number of anilines is 1. The monoisotopic (exact) mass is 363 g/mol. The number of phenols is 1. The van der Waals surface area contributed by atoms with E-state index < -0.39 is 0 Å². The van der Waals surface area contributed by atoms with Crippen LogP contribution in [0, 0.1) is 0 Å². The summed E-state index contributed by atoms with van der Waals surface area (Å²) in [4.78, 5) is 26.0. The third kappa shape index (κ3) is 7.01. The van der Waals surface area contributed by atoms with Gasteiger partial charge in [-0.15, -0.1) is 0 Å². The summed E-state index contributed by atoms with van der Waals surface area (Å²) in [6.07, 6.45) is 4.43. The van der Waals surface area contributed by atoms with Crippen molar-refractivity contribution in [2.75, 3.05) is 31.6 Å². The fourth-order valence-corrected chi connectivity index (χ4v) is 3.19. The lowest BCUT2D eigenvalue weighted by Crippen LogP contribution is -2.43. The highest BCUT2D eigenvalue weighted by Crippen LogP contribution is 2.17. The summed E-state index contributed by atoms with van der Waals surface area (Å²) in [6.45, 7) is 2.64. The maximum Gasteiger partial charge on any atom is 0.224 e. The molecule has 1 aliphatic heterocycles. The first-order chi connectivity index (χ1) is 12.6. The number of piperidine rings is 1. The van der Waals surface area contributed by atoms with Crippen molar-refractivity contribution in [1.82, 2.24) is 10.2 Å². The normalized spacial score (nSPS) is 17.7. The second kappa shape index (κ2) is 10.8. The van der Waals surface area contributed by atoms with E-state index in [1.807, 2.05) is 0 Å². The topological polar surface area (TPSA) is 102 Å². The van der Waals surface area contributed by atoms with E-state index in [-0.39, 0.29) is 43.1 Å². The van der Waals surface area contributed by atoms with E-state index >= 15 is 0 Å². The molecule has 2 amide bonds. The molecule has 1 aromatic rings. The Kier molecular flexibility index (Phi) is 8.37. The predicted octanol–water partition coefficient (Wildman–Crippen LogP) is 1.46. The van der Waals surface area contributed by atoms with Crippen LogP contribution < -0.4 is 10.6 Å². The molecule has 7 nitrogen and oxygen atoms in total. The molecule has 0 saturated carbocycles. The number of nitrogens with zero attached hydrogens (tertiary/aromatic N) is 1. The number of phenolic OH excluding ortho intramolecular Hbond substituents is 1. The van der Waals surface area contributed by atoms with Crippen molar-refractivity contribution in [2.45, 2.75) is 44.6 Å². The molecule has 144 valence electrons. The molecule has 0 aromatic heterocycles. The summed E-state index contributed by atoms with van der Waals surface area (Å²) < 4.78 is 0. The fraction of sp³-hybridized carbons (Fsp3) is 0.579. The van der Waals surface area contributed by atoms with Crippen LogP contribution in [-0.2, 0) is 9.59 Å². The van der Waals surface area contributed by atoms with Gasteiger partial charge in [0.15, 0.2) is 0 Å². The number of likely N-dealkylation sites (tertiary alicyclic amines) is 1. The van der Waals surface area contributed by atoms with Crippen LogP contribution in [0.15, 0.2) is 24.3 Å². The molecule has 1 saturated heterocycles. The highest BCUT2D eigenvalue weighted by molar-refractivity contribution is 5.93. The summed E-state index contributed by atoms with van der Waals surface area (Å²) in [6, 6.07) is 6.55. The van der Waals surface area contributed by atoms with Crippen LogP contribution in [-0.4, -0.2) is 59.2 Å². The molecule has 2 rings (SSSR count). The number of rotatable bonds is 9. The highest BCUT2D eigenvalue weighted by atomic mass is 16.3. The second-order valence-corrected chi connectivity index (χ2v) is 6.67. The largest absolute Gasteiger partial charge is 0.508 e. The van der Waals surface area contributed by atoms with Gasteiger partial charge in [0.1, 0.15) is 5.75 Å². The average molecular weight is 363 g/mol. The van der Waals surface area contributed by atoms with Crippen molar-refractivity contribution < 1.29 is 19.8 Å². The van der Waals surface area contributed by atoms with Gasteiger partial charge in [-0.05, 0) is 37.9 Å². The predicted molar refractivity (Wildman–Crippen MR) is 99.9 cm³/mol. The van der Waals surface area contributed by atoms with Gasteiger partial charge in [0.2, 0.25) is 11.8 Å². The Hall–Kier alpha value is -2.12. The second-order valence-electron chi connectivity index (χ2n) is 6.67. The summed E-state index contributed by atoms with van der Waals surface area (Å²) in [7, 11) is 0. The lowest BCUT2D eigenvalue weighted by Gasteiger charge is -2.34. The Morgan fingerprint density at radius 3 is 2.77 bits per heavy atom. The molecule has 0 radical (unpaired) electrons. The molecule has 0 bridgehead atoms. The van der Waals surface area contributed by atoms with Gasteiger partial charge in [0.05, 0.1) is 6.61 Å². The molecule has 26 heavy (non-hydrogen) atoms. The Labute approximate surface area is 154 Å². The SMILES string of the molecule is O=C(CCC(=O)Nc1cccc(O)c1)NCCCN1CCCCC1CO. The molecule has 0 aliphatic carbocycles. The van der Waals surface area contributed by atoms with Crippen LogP contribution in [0.5, 0.6) is 5.75 Å². The molecule has 4 N–H and O–H groups in total. The van der Waals surface area contributed by atoms with E-state index in [9.17, 15) is 19.8 Å². The van der Waals surface area contributed by atoms with Crippen molar-refractivity contribution in [3.8, 4) is 5.75 Å². The minimum Gasteiger partial charge on any atom is -0.508 e. The lowest BCUT2D eigenvalue weighted by molar-refractivity contribution is -0.124. The quantitative estimate of drug-likeness (QED) is 0.498. The van der Waals surface area contributed by atoms with Gasteiger partial charge in [-0.2, -0.15) is 0 Å². The molecule has 0 spiro atoms. The van der Waals surface area contributed by atoms with Crippen molar-refractivity contribution in [3.63, 3.8) is 0 Å². The average Bonchev–Trinajstić information content (AvgIpc) is 2.64. The molecule has 1 aliphatic rings. The molecular formula is C19H29N3O4. The first-order valence-corrected chi connectivity index (χ1v) is 9.29. The Bertz CT molecular complexity index is 594. The Morgan fingerprint density at radius 2 is 2.00 bits per heavy atom. The zero-order chi connectivity index (χ0) is 18.8. The number of carbonyl (C=O) groups is 2. The van der Waals surface area contributed by atoms with Gasteiger partial charge < -0.3 is 20.8 Å². The minimum atomic E-state index is -0.259. The zero-order valence-electron chi connectivity index (χ0n) is 15.1. The van der Waals surface area contributed by atoms with Gasteiger partial charge in [-0.3, -0.25) is 14.5 Å². The van der Waals surface area contributed by atoms with Gasteiger partial charge in [0.25, 0.3) is 0 Å². The van der Waals surface area contributed by atoms with Crippen LogP contribution in [0.1, 0.15) is 38.5 Å². The van der Waals surface area contributed by atoms with Crippen LogP contribution in [0.4, 0.5) is 5.69 Å². The number of aromatic hydroxyl groups is 1. The Morgan fingerprint density at radius 1 is 1.19 bits per heavy atom.